The van der Waals surface area contributed by atoms with Crippen LogP contribution in [0, 0.1) is 5.92 Å². The average molecular weight is 538 g/mol. The van der Waals surface area contributed by atoms with E-state index in [1.165, 1.54) is 0 Å². The molecule has 1 aliphatic rings. The highest BCUT2D eigenvalue weighted by atomic mass is 35.5. The van der Waals surface area contributed by atoms with Gasteiger partial charge >= 0.3 is 6.09 Å². The molecule has 2 aromatic carbocycles. The van der Waals surface area contributed by atoms with E-state index in [-0.39, 0.29) is 31.7 Å². The van der Waals surface area contributed by atoms with E-state index < -0.39 is 6.09 Å². The molecule has 36 heavy (non-hydrogen) atoms. The number of carbonyl (C=O) groups is 2. The number of carboxylic acid groups (broad SMARTS) is 1. The molecule has 4 N–H and O–H groups in total. The van der Waals surface area contributed by atoms with Crippen molar-refractivity contribution in [1.82, 2.24) is 16.0 Å². The van der Waals surface area contributed by atoms with Gasteiger partial charge in [-0.2, -0.15) is 0 Å². The van der Waals surface area contributed by atoms with E-state index >= 15 is 0 Å². The molecule has 0 aromatic heterocycles. The Kier molecular flexibility index (Phi) is 11.3. The van der Waals surface area contributed by atoms with Crippen LogP contribution in [0.15, 0.2) is 36.4 Å². The minimum atomic E-state index is -1.10. The summed E-state index contributed by atoms with van der Waals surface area (Å²) in [7, 11) is 1.90. The van der Waals surface area contributed by atoms with Crippen molar-refractivity contribution in [2.75, 3.05) is 40.0 Å². The van der Waals surface area contributed by atoms with Crippen LogP contribution in [0.5, 0.6) is 0 Å². The van der Waals surface area contributed by atoms with Gasteiger partial charge in [-0.25, -0.2) is 4.79 Å². The molecule has 1 saturated heterocycles. The van der Waals surface area contributed by atoms with Gasteiger partial charge in [-0.1, -0.05) is 35.3 Å². The number of carbonyl (C=O) groups excluding carboxylic acids is 1. The zero-order valence-corrected chi connectivity index (χ0v) is 21.8. The lowest BCUT2D eigenvalue weighted by molar-refractivity contribution is 0.0478. The van der Waals surface area contributed by atoms with Crippen LogP contribution in [-0.2, 0) is 16.1 Å². The Morgan fingerprint density at radius 2 is 2.06 bits per heavy atom. The predicted octanol–water partition coefficient (Wildman–Crippen LogP) is 4.58. The van der Waals surface area contributed by atoms with Crippen LogP contribution >= 0.6 is 23.2 Å². The van der Waals surface area contributed by atoms with E-state index in [0.29, 0.717) is 39.2 Å². The van der Waals surface area contributed by atoms with Gasteiger partial charge in [0.05, 0.1) is 13.2 Å². The standard InChI is InChI=1S/C26H33Cl2N3O5/c1-29-22(10-17-4-3-8-35-15-17)14-31-25(32)20-11-19(12-21(27)13-20)24-18(5-2-6-23(24)28)16-36-9-7-30-26(33)34/h2,5-6,11-13,17,22,29-30H,3-4,7-10,14-16H2,1H3,(H,31,32)(H,33,34)/t17-,22+/m1/s1. The molecule has 1 fully saturated rings. The van der Waals surface area contributed by atoms with E-state index in [1.807, 2.05) is 19.2 Å². The molecule has 196 valence electrons. The van der Waals surface area contributed by atoms with E-state index in [4.69, 9.17) is 37.8 Å². The van der Waals surface area contributed by atoms with Crippen molar-refractivity contribution < 1.29 is 24.2 Å². The molecule has 0 unspecified atom stereocenters. The molecule has 0 bridgehead atoms. The third-order valence-electron chi connectivity index (χ3n) is 6.12. The number of benzene rings is 2. The van der Waals surface area contributed by atoms with E-state index in [0.717, 1.165) is 38.0 Å². The summed E-state index contributed by atoms with van der Waals surface area (Å²) in [6.45, 7) is 2.69. The summed E-state index contributed by atoms with van der Waals surface area (Å²) in [6, 6.07) is 10.7. The fourth-order valence-corrected chi connectivity index (χ4v) is 4.84. The maximum Gasteiger partial charge on any atom is 0.404 e. The Morgan fingerprint density at radius 1 is 1.22 bits per heavy atom. The normalized spacial score (nSPS) is 16.4. The summed E-state index contributed by atoms with van der Waals surface area (Å²) in [5.41, 5.74) is 2.65. The number of nitrogens with one attached hydrogen (secondary N) is 3. The van der Waals surface area contributed by atoms with Crippen molar-refractivity contribution in [1.29, 1.82) is 0 Å². The van der Waals surface area contributed by atoms with Gasteiger partial charge in [0, 0.05) is 53.5 Å². The van der Waals surface area contributed by atoms with Crippen LogP contribution < -0.4 is 16.0 Å². The Hall–Kier alpha value is -2.36. The lowest BCUT2D eigenvalue weighted by atomic mass is 9.94. The van der Waals surface area contributed by atoms with E-state index in [2.05, 4.69) is 16.0 Å². The second-order valence-corrected chi connectivity index (χ2v) is 9.65. The number of likely N-dealkylation sites (N-methyl/N-ethyl adjacent to an activating group) is 1. The fraction of sp³-hybridized carbons (Fsp3) is 0.462. The quantitative estimate of drug-likeness (QED) is 0.295. The van der Waals surface area contributed by atoms with Crippen molar-refractivity contribution in [2.45, 2.75) is 31.9 Å². The van der Waals surface area contributed by atoms with Gasteiger partial charge in [-0.3, -0.25) is 4.79 Å². The molecular weight excluding hydrogens is 505 g/mol. The van der Waals surface area contributed by atoms with Gasteiger partial charge in [0.1, 0.15) is 0 Å². The summed E-state index contributed by atoms with van der Waals surface area (Å²) in [5, 5.41) is 18.2. The molecule has 2 amide bonds. The van der Waals surface area contributed by atoms with Gasteiger partial charge in [0.15, 0.2) is 0 Å². The Balaban J connectivity index is 1.69. The Bertz CT molecular complexity index is 1030. The first-order valence-electron chi connectivity index (χ1n) is 12.0. The average Bonchev–Trinajstić information content (AvgIpc) is 2.86. The number of ether oxygens (including phenoxy) is 2. The molecule has 3 rings (SSSR count). The van der Waals surface area contributed by atoms with Crippen molar-refractivity contribution in [2.24, 2.45) is 5.92 Å². The van der Waals surface area contributed by atoms with Crippen LogP contribution in [0.4, 0.5) is 4.79 Å². The van der Waals surface area contributed by atoms with Crippen LogP contribution in [-0.4, -0.2) is 63.1 Å². The maximum atomic E-state index is 13.0. The first-order chi connectivity index (χ1) is 17.4. The molecule has 2 aromatic rings. The molecule has 1 aliphatic heterocycles. The topological polar surface area (TPSA) is 109 Å². The second kappa shape index (κ2) is 14.4. The monoisotopic (exact) mass is 537 g/mol. The fourth-order valence-electron chi connectivity index (χ4n) is 4.31. The highest BCUT2D eigenvalue weighted by molar-refractivity contribution is 6.34. The van der Waals surface area contributed by atoms with Gasteiger partial charge in [0.25, 0.3) is 5.91 Å². The predicted molar refractivity (Wildman–Crippen MR) is 141 cm³/mol. The summed E-state index contributed by atoms with van der Waals surface area (Å²) in [5.74, 6) is 0.273. The lowest BCUT2D eigenvalue weighted by Gasteiger charge is -2.26. The molecule has 10 heteroatoms. The molecule has 2 atom stereocenters. The summed E-state index contributed by atoms with van der Waals surface area (Å²) in [4.78, 5) is 23.6. The molecule has 8 nitrogen and oxygen atoms in total. The number of halogens is 2. The highest BCUT2D eigenvalue weighted by Gasteiger charge is 2.20. The lowest BCUT2D eigenvalue weighted by Crippen LogP contribution is -2.41. The highest BCUT2D eigenvalue weighted by Crippen LogP contribution is 2.34. The van der Waals surface area contributed by atoms with Gasteiger partial charge in [-0.15, -0.1) is 0 Å². The Morgan fingerprint density at radius 3 is 2.78 bits per heavy atom. The molecule has 1 heterocycles. The zero-order chi connectivity index (χ0) is 25.9. The van der Waals surface area contributed by atoms with Crippen molar-refractivity contribution in [3.8, 4) is 11.1 Å². The minimum absolute atomic E-state index is 0.141. The van der Waals surface area contributed by atoms with Gasteiger partial charge in [0.2, 0.25) is 0 Å². The summed E-state index contributed by atoms with van der Waals surface area (Å²) >= 11 is 12.9. The molecule has 0 aliphatic carbocycles. The van der Waals surface area contributed by atoms with Gasteiger partial charge < -0.3 is 30.5 Å². The second-order valence-electron chi connectivity index (χ2n) is 8.80. The third kappa shape index (κ3) is 8.64. The van der Waals surface area contributed by atoms with Crippen LogP contribution in [0.1, 0.15) is 35.2 Å². The number of hydrogen-bond acceptors (Lipinski definition) is 5. The maximum absolute atomic E-state index is 13.0. The number of hydrogen-bond donors (Lipinski definition) is 4. The Labute approximate surface area is 221 Å². The van der Waals surface area contributed by atoms with Crippen LogP contribution in [0.2, 0.25) is 10.0 Å². The number of amides is 2. The van der Waals surface area contributed by atoms with Crippen molar-refractivity contribution >= 4 is 35.2 Å². The van der Waals surface area contributed by atoms with Crippen LogP contribution in [0.3, 0.4) is 0 Å². The largest absolute Gasteiger partial charge is 0.465 e. The van der Waals surface area contributed by atoms with E-state index in [9.17, 15) is 9.59 Å². The van der Waals surface area contributed by atoms with E-state index in [1.54, 1.807) is 24.3 Å². The van der Waals surface area contributed by atoms with Crippen molar-refractivity contribution in [3.63, 3.8) is 0 Å². The molecule has 0 spiro atoms. The first kappa shape index (κ1) is 28.2. The smallest absolute Gasteiger partial charge is 0.404 e. The summed E-state index contributed by atoms with van der Waals surface area (Å²) < 4.78 is 11.2. The number of rotatable bonds is 12. The third-order valence-corrected chi connectivity index (χ3v) is 6.65. The zero-order valence-electron chi connectivity index (χ0n) is 20.3. The SMILES string of the molecule is CN[C@H](CNC(=O)c1cc(Cl)cc(-c2c(Cl)cccc2COCCNC(=O)O)c1)C[C@H]1CCCOC1. The first-order valence-corrected chi connectivity index (χ1v) is 12.8. The molecule has 0 saturated carbocycles. The summed E-state index contributed by atoms with van der Waals surface area (Å²) in [6.07, 6.45) is 2.05. The molecular formula is C26H33Cl2N3O5. The van der Waals surface area contributed by atoms with Crippen LogP contribution in [0.25, 0.3) is 11.1 Å². The van der Waals surface area contributed by atoms with Gasteiger partial charge in [-0.05, 0) is 67.6 Å². The van der Waals surface area contributed by atoms with Crippen molar-refractivity contribution in [3.05, 3.63) is 57.6 Å². The minimum Gasteiger partial charge on any atom is -0.465 e. The molecule has 0 radical (unpaired) electrons.